The number of amides is 3. The lowest BCUT2D eigenvalue weighted by molar-refractivity contribution is -0.118. The monoisotopic (exact) mass is 351 g/mol. The van der Waals surface area contributed by atoms with Crippen molar-refractivity contribution in [3.8, 4) is 0 Å². The summed E-state index contributed by atoms with van der Waals surface area (Å²) in [5.74, 6) is 1.10. The Bertz CT molecular complexity index is 554. The average Bonchev–Trinajstić information content (AvgIpc) is 3.08. The number of rotatable bonds is 9. The number of nitrogens with one attached hydrogen (secondary N) is 2. The predicted octanol–water partition coefficient (Wildman–Crippen LogP) is 2.21. The molecule has 1 atom stereocenters. The smallest absolute Gasteiger partial charge is 0.314 e. The van der Waals surface area contributed by atoms with Crippen molar-refractivity contribution in [2.45, 2.75) is 70.3 Å². The van der Waals surface area contributed by atoms with Crippen LogP contribution in [0.2, 0.25) is 0 Å². The fraction of sp³-hybridized carbons (Fsp3) is 0.765. The number of hydrogen-bond acceptors (Lipinski definition) is 5. The van der Waals surface area contributed by atoms with E-state index in [1.807, 2.05) is 0 Å². The van der Waals surface area contributed by atoms with Crippen molar-refractivity contribution in [3.63, 3.8) is 0 Å². The van der Waals surface area contributed by atoms with Crippen LogP contribution < -0.4 is 16.4 Å². The molecule has 1 saturated carbocycles. The highest BCUT2D eigenvalue weighted by molar-refractivity contribution is 5.74. The fourth-order valence-corrected chi connectivity index (χ4v) is 3.44. The molecule has 4 N–H and O–H groups in total. The number of nitrogens with zero attached hydrogens (tertiary/aromatic N) is 2. The van der Waals surface area contributed by atoms with Crippen LogP contribution in [0.4, 0.5) is 4.79 Å². The molecule has 3 amide bonds. The summed E-state index contributed by atoms with van der Waals surface area (Å²) in [6.45, 7) is 0.175. The average molecular weight is 351 g/mol. The molecule has 0 radical (unpaired) electrons. The van der Waals surface area contributed by atoms with Gasteiger partial charge in [-0.25, -0.2) is 4.79 Å². The molecule has 0 aliphatic heterocycles. The van der Waals surface area contributed by atoms with E-state index in [4.69, 9.17) is 10.3 Å². The van der Waals surface area contributed by atoms with E-state index in [9.17, 15) is 9.59 Å². The van der Waals surface area contributed by atoms with Crippen molar-refractivity contribution < 1.29 is 14.1 Å². The van der Waals surface area contributed by atoms with Crippen LogP contribution in [0.25, 0.3) is 0 Å². The second-order valence-electron chi connectivity index (χ2n) is 6.78. The summed E-state index contributed by atoms with van der Waals surface area (Å²) in [6, 6.07) is -0.312. The number of hydrogen-bond donors (Lipinski definition) is 3. The molecule has 1 unspecified atom stereocenters. The molecule has 8 heteroatoms. The van der Waals surface area contributed by atoms with Gasteiger partial charge in [-0.3, -0.25) is 4.79 Å². The Labute approximate surface area is 148 Å². The maximum atomic E-state index is 11.4. The number of aromatic nitrogens is 2. The van der Waals surface area contributed by atoms with Gasteiger partial charge in [-0.05, 0) is 12.3 Å². The van der Waals surface area contributed by atoms with Gasteiger partial charge < -0.3 is 20.9 Å². The van der Waals surface area contributed by atoms with Crippen LogP contribution in [0, 0.1) is 5.92 Å². The van der Waals surface area contributed by atoms with E-state index in [0.717, 1.165) is 18.8 Å². The highest BCUT2D eigenvalue weighted by Crippen LogP contribution is 2.30. The lowest BCUT2D eigenvalue weighted by Gasteiger charge is -2.21. The van der Waals surface area contributed by atoms with E-state index in [1.54, 1.807) is 0 Å². The van der Waals surface area contributed by atoms with Crippen LogP contribution in [0.15, 0.2) is 4.52 Å². The summed E-state index contributed by atoms with van der Waals surface area (Å²) >= 11 is 0. The Balaban J connectivity index is 1.86. The van der Waals surface area contributed by atoms with Gasteiger partial charge in [0.05, 0.1) is 6.54 Å². The molecule has 0 aromatic carbocycles. The van der Waals surface area contributed by atoms with Crippen molar-refractivity contribution in [3.05, 3.63) is 11.7 Å². The van der Waals surface area contributed by atoms with E-state index >= 15 is 0 Å². The minimum Gasteiger partial charge on any atom is -0.370 e. The fourth-order valence-electron chi connectivity index (χ4n) is 3.44. The molecule has 0 bridgehead atoms. The Hall–Kier alpha value is -2.12. The SMILES string of the molecule is CNC(=O)NCc1noc(C(CCCC2CCCCC2)CC(N)=O)n1. The maximum Gasteiger partial charge on any atom is 0.314 e. The molecule has 0 saturated heterocycles. The first-order chi connectivity index (χ1) is 12.1. The normalized spacial score (nSPS) is 16.4. The lowest BCUT2D eigenvalue weighted by Crippen LogP contribution is -2.32. The van der Waals surface area contributed by atoms with Gasteiger partial charge >= 0.3 is 6.03 Å². The van der Waals surface area contributed by atoms with Gasteiger partial charge in [0.25, 0.3) is 0 Å². The van der Waals surface area contributed by atoms with Crippen molar-refractivity contribution in [2.75, 3.05) is 7.05 Å². The van der Waals surface area contributed by atoms with E-state index in [2.05, 4.69) is 20.8 Å². The first-order valence-corrected chi connectivity index (χ1v) is 9.15. The van der Waals surface area contributed by atoms with Crippen LogP contribution >= 0.6 is 0 Å². The second-order valence-corrected chi connectivity index (χ2v) is 6.78. The van der Waals surface area contributed by atoms with Gasteiger partial charge in [-0.1, -0.05) is 50.1 Å². The topological polar surface area (TPSA) is 123 Å². The van der Waals surface area contributed by atoms with Crippen molar-refractivity contribution in [1.82, 2.24) is 20.8 Å². The summed E-state index contributed by atoms with van der Waals surface area (Å²) in [7, 11) is 1.53. The van der Waals surface area contributed by atoms with Crippen LogP contribution in [0.3, 0.4) is 0 Å². The standard InChI is InChI=1S/C17H29N5O3/c1-19-17(24)20-11-15-21-16(25-22-15)13(10-14(18)23)9-5-8-12-6-3-2-4-7-12/h12-13H,2-11H2,1H3,(H2,18,23)(H2,19,20,24). The molecule has 0 spiro atoms. The van der Waals surface area contributed by atoms with Gasteiger partial charge in [0.2, 0.25) is 11.8 Å². The van der Waals surface area contributed by atoms with Crippen LogP contribution in [0.1, 0.15) is 75.4 Å². The first kappa shape index (κ1) is 19.2. The Morgan fingerprint density at radius 1 is 1.32 bits per heavy atom. The zero-order chi connectivity index (χ0) is 18.1. The van der Waals surface area contributed by atoms with Crippen LogP contribution in [0.5, 0.6) is 0 Å². The molecule has 2 rings (SSSR count). The molecule has 1 aliphatic rings. The van der Waals surface area contributed by atoms with E-state index < -0.39 is 0 Å². The number of nitrogens with two attached hydrogens (primary N) is 1. The van der Waals surface area contributed by atoms with Gasteiger partial charge in [0.15, 0.2) is 5.82 Å². The molecule has 1 aromatic rings. The Morgan fingerprint density at radius 3 is 2.76 bits per heavy atom. The summed E-state index contributed by atoms with van der Waals surface area (Å²) in [5.41, 5.74) is 5.37. The number of primary amides is 1. The third-order valence-electron chi connectivity index (χ3n) is 4.80. The summed E-state index contributed by atoms with van der Waals surface area (Å²) in [6.07, 6.45) is 9.87. The number of carbonyl (C=O) groups excluding carboxylic acids is 2. The molecule has 1 aliphatic carbocycles. The van der Waals surface area contributed by atoms with Crippen molar-refractivity contribution >= 4 is 11.9 Å². The highest BCUT2D eigenvalue weighted by Gasteiger charge is 2.22. The lowest BCUT2D eigenvalue weighted by atomic mass is 9.84. The van der Waals surface area contributed by atoms with Crippen LogP contribution in [-0.2, 0) is 11.3 Å². The van der Waals surface area contributed by atoms with Crippen molar-refractivity contribution in [2.24, 2.45) is 11.7 Å². The predicted molar refractivity (Wildman–Crippen MR) is 92.6 cm³/mol. The van der Waals surface area contributed by atoms with Gasteiger partial charge in [0.1, 0.15) is 0 Å². The largest absolute Gasteiger partial charge is 0.370 e. The molecule has 25 heavy (non-hydrogen) atoms. The molecule has 1 heterocycles. The van der Waals surface area contributed by atoms with Gasteiger partial charge in [-0.15, -0.1) is 0 Å². The Kier molecular flexibility index (Phi) is 7.69. The maximum absolute atomic E-state index is 11.4. The summed E-state index contributed by atoms with van der Waals surface area (Å²) < 4.78 is 5.30. The van der Waals surface area contributed by atoms with Crippen LogP contribution in [-0.4, -0.2) is 29.1 Å². The highest BCUT2D eigenvalue weighted by atomic mass is 16.5. The minimum atomic E-state index is -0.370. The summed E-state index contributed by atoms with van der Waals surface area (Å²) in [5, 5.41) is 8.92. The van der Waals surface area contributed by atoms with E-state index in [0.29, 0.717) is 11.7 Å². The number of urea groups is 1. The van der Waals surface area contributed by atoms with E-state index in [-0.39, 0.29) is 30.8 Å². The molecule has 8 nitrogen and oxygen atoms in total. The first-order valence-electron chi connectivity index (χ1n) is 9.15. The van der Waals surface area contributed by atoms with E-state index in [1.165, 1.54) is 45.6 Å². The summed E-state index contributed by atoms with van der Waals surface area (Å²) in [4.78, 5) is 26.9. The number of carbonyl (C=O) groups is 2. The van der Waals surface area contributed by atoms with Gasteiger partial charge in [0, 0.05) is 19.4 Å². The Morgan fingerprint density at radius 2 is 2.08 bits per heavy atom. The van der Waals surface area contributed by atoms with Gasteiger partial charge in [-0.2, -0.15) is 4.98 Å². The third kappa shape index (κ3) is 6.72. The molecule has 1 fully saturated rings. The zero-order valence-electron chi connectivity index (χ0n) is 14.9. The second kappa shape index (κ2) is 10.0. The zero-order valence-corrected chi connectivity index (χ0v) is 14.9. The third-order valence-corrected chi connectivity index (χ3v) is 4.80. The molecule has 1 aromatic heterocycles. The quantitative estimate of drug-likeness (QED) is 0.629. The molecular formula is C17H29N5O3. The minimum absolute atomic E-state index is 0.151. The molecular weight excluding hydrogens is 322 g/mol. The molecule has 140 valence electrons. The van der Waals surface area contributed by atoms with Crippen molar-refractivity contribution in [1.29, 1.82) is 0 Å².